The highest BCUT2D eigenvalue weighted by atomic mass is 79.9. The van der Waals surface area contributed by atoms with E-state index >= 15 is 0 Å². The van der Waals surface area contributed by atoms with Crippen molar-refractivity contribution < 1.29 is 9.53 Å². The number of aromatic nitrogens is 2. The van der Waals surface area contributed by atoms with Gasteiger partial charge >= 0.3 is 0 Å². The Hall–Kier alpha value is -2.60. The van der Waals surface area contributed by atoms with E-state index in [1.165, 1.54) is 0 Å². The Balaban J connectivity index is 1.58. The van der Waals surface area contributed by atoms with Crippen molar-refractivity contribution in [1.29, 1.82) is 0 Å². The molecule has 134 valence electrons. The molecule has 5 nitrogen and oxygen atoms in total. The number of halogens is 1. The monoisotopic (exact) mass is 413 g/mol. The summed E-state index contributed by atoms with van der Waals surface area (Å²) in [6.07, 6.45) is 4.80. The minimum Gasteiger partial charge on any atom is -0.481 e. The first kappa shape index (κ1) is 18.2. The van der Waals surface area contributed by atoms with Crippen LogP contribution in [0.4, 0.5) is 0 Å². The highest BCUT2D eigenvalue weighted by Crippen LogP contribution is 2.19. The highest BCUT2D eigenvalue weighted by molar-refractivity contribution is 9.10. The van der Waals surface area contributed by atoms with Gasteiger partial charge in [0.05, 0.1) is 12.4 Å². The van der Waals surface area contributed by atoms with E-state index in [0.717, 1.165) is 15.7 Å². The predicted octanol–water partition coefficient (Wildman–Crippen LogP) is 4.28. The summed E-state index contributed by atoms with van der Waals surface area (Å²) in [6.45, 7) is 3.70. The zero-order valence-corrected chi connectivity index (χ0v) is 16.2. The Bertz CT molecular complexity index is 846. The summed E-state index contributed by atoms with van der Waals surface area (Å²) in [5.74, 6) is 0.507. The SMILES string of the molecule is C[C@H](NC(=O)[C@@H](C)Oc1ccc(Br)cc1)c1ccc(-n2ccnc2)cc1. The van der Waals surface area contributed by atoms with Crippen LogP contribution in [0.25, 0.3) is 5.69 Å². The van der Waals surface area contributed by atoms with Gasteiger partial charge in [-0.3, -0.25) is 4.79 Å². The largest absolute Gasteiger partial charge is 0.481 e. The average Bonchev–Trinajstić information content (AvgIpc) is 3.18. The number of hydrogen-bond acceptors (Lipinski definition) is 3. The van der Waals surface area contributed by atoms with E-state index in [2.05, 4.69) is 26.2 Å². The highest BCUT2D eigenvalue weighted by Gasteiger charge is 2.17. The lowest BCUT2D eigenvalue weighted by molar-refractivity contribution is -0.127. The van der Waals surface area contributed by atoms with Gasteiger partial charge in [-0.1, -0.05) is 28.1 Å². The fourth-order valence-electron chi connectivity index (χ4n) is 2.53. The van der Waals surface area contributed by atoms with Gasteiger partial charge in [-0.25, -0.2) is 4.98 Å². The van der Waals surface area contributed by atoms with Gasteiger partial charge in [0.15, 0.2) is 6.10 Å². The van der Waals surface area contributed by atoms with Gasteiger partial charge in [0.2, 0.25) is 0 Å². The molecule has 2 aromatic carbocycles. The number of nitrogens with zero attached hydrogens (tertiary/aromatic N) is 2. The van der Waals surface area contributed by atoms with Gasteiger partial charge in [0.25, 0.3) is 5.91 Å². The number of carbonyl (C=O) groups excluding carboxylic acids is 1. The zero-order chi connectivity index (χ0) is 18.5. The molecule has 0 aliphatic rings. The summed E-state index contributed by atoms with van der Waals surface area (Å²) < 4.78 is 8.59. The molecule has 0 spiro atoms. The first-order valence-electron chi connectivity index (χ1n) is 8.34. The molecular weight excluding hydrogens is 394 g/mol. The molecule has 0 radical (unpaired) electrons. The summed E-state index contributed by atoms with van der Waals surface area (Å²) in [6, 6.07) is 15.3. The number of nitrogens with one attached hydrogen (secondary N) is 1. The lowest BCUT2D eigenvalue weighted by atomic mass is 10.1. The van der Waals surface area contributed by atoms with Gasteiger partial charge in [0, 0.05) is 22.6 Å². The molecule has 1 N–H and O–H groups in total. The number of amides is 1. The second kappa shape index (κ2) is 8.19. The lowest BCUT2D eigenvalue weighted by Gasteiger charge is -2.19. The zero-order valence-electron chi connectivity index (χ0n) is 14.6. The maximum absolute atomic E-state index is 12.4. The van der Waals surface area contributed by atoms with Crippen LogP contribution < -0.4 is 10.1 Å². The van der Waals surface area contributed by atoms with E-state index in [0.29, 0.717) is 5.75 Å². The Morgan fingerprint density at radius 2 is 1.81 bits per heavy atom. The maximum atomic E-state index is 12.4. The normalized spacial score (nSPS) is 13.0. The summed E-state index contributed by atoms with van der Waals surface area (Å²) in [4.78, 5) is 16.4. The van der Waals surface area contributed by atoms with Crippen molar-refractivity contribution in [2.24, 2.45) is 0 Å². The minimum atomic E-state index is -0.580. The van der Waals surface area contributed by atoms with E-state index in [4.69, 9.17) is 4.74 Å². The molecule has 1 aromatic heterocycles. The lowest BCUT2D eigenvalue weighted by Crippen LogP contribution is -2.37. The van der Waals surface area contributed by atoms with Crippen molar-refractivity contribution in [2.45, 2.75) is 26.0 Å². The average molecular weight is 414 g/mol. The van der Waals surface area contributed by atoms with E-state index in [9.17, 15) is 4.79 Å². The molecule has 26 heavy (non-hydrogen) atoms. The molecule has 0 aliphatic carbocycles. The standard InChI is InChI=1S/C20H20BrN3O2/c1-14(16-3-7-18(8-4-16)24-12-11-22-13-24)23-20(25)15(2)26-19-9-5-17(21)6-10-19/h3-15H,1-2H3,(H,23,25)/t14-,15+/m0/s1. The predicted molar refractivity (Wildman–Crippen MR) is 104 cm³/mol. The van der Waals surface area contributed by atoms with Crippen LogP contribution in [0.2, 0.25) is 0 Å². The van der Waals surface area contributed by atoms with Crippen LogP contribution in [0, 0.1) is 0 Å². The molecule has 1 amide bonds. The van der Waals surface area contributed by atoms with Crippen LogP contribution >= 0.6 is 15.9 Å². The Morgan fingerprint density at radius 1 is 1.12 bits per heavy atom. The van der Waals surface area contributed by atoms with Crippen LogP contribution in [0.3, 0.4) is 0 Å². The van der Waals surface area contributed by atoms with Crippen molar-refractivity contribution in [3.63, 3.8) is 0 Å². The molecule has 2 atom stereocenters. The second-order valence-corrected chi connectivity index (χ2v) is 6.92. The van der Waals surface area contributed by atoms with Crippen LogP contribution in [-0.2, 0) is 4.79 Å². The molecule has 0 unspecified atom stereocenters. The van der Waals surface area contributed by atoms with Gasteiger partial charge in [-0.2, -0.15) is 0 Å². The van der Waals surface area contributed by atoms with Crippen molar-refractivity contribution in [1.82, 2.24) is 14.9 Å². The first-order chi connectivity index (χ1) is 12.5. The topological polar surface area (TPSA) is 56.1 Å². The molecule has 1 heterocycles. The second-order valence-electron chi connectivity index (χ2n) is 6.01. The number of benzene rings is 2. The smallest absolute Gasteiger partial charge is 0.261 e. The molecule has 6 heteroatoms. The Labute approximate surface area is 161 Å². The number of imidazole rings is 1. The molecule has 3 aromatic rings. The molecule has 0 saturated heterocycles. The number of hydrogen-bond donors (Lipinski definition) is 1. The fraction of sp³-hybridized carbons (Fsp3) is 0.200. The molecule has 3 rings (SSSR count). The first-order valence-corrected chi connectivity index (χ1v) is 9.13. The number of ether oxygens (including phenoxy) is 1. The summed E-state index contributed by atoms with van der Waals surface area (Å²) >= 11 is 3.38. The molecule has 0 fully saturated rings. The van der Waals surface area contributed by atoms with Crippen molar-refractivity contribution in [3.05, 3.63) is 77.3 Å². The van der Waals surface area contributed by atoms with Crippen molar-refractivity contribution in [2.75, 3.05) is 0 Å². The summed E-state index contributed by atoms with van der Waals surface area (Å²) in [7, 11) is 0. The molecule has 0 aliphatic heterocycles. The van der Waals surface area contributed by atoms with Crippen LogP contribution in [0.15, 0.2) is 71.7 Å². The van der Waals surface area contributed by atoms with Crippen LogP contribution in [0.5, 0.6) is 5.75 Å². The van der Waals surface area contributed by atoms with E-state index < -0.39 is 6.10 Å². The third-order valence-electron chi connectivity index (χ3n) is 4.05. The van der Waals surface area contributed by atoms with E-state index in [-0.39, 0.29) is 11.9 Å². The molecule has 0 saturated carbocycles. The maximum Gasteiger partial charge on any atom is 0.261 e. The Morgan fingerprint density at radius 3 is 2.42 bits per heavy atom. The number of carbonyl (C=O) groups is 1. The van der Waals surface area contributed by atoms with Crippen molar-refractivity contribution >= 4 is 21.8 Å². The molecular formula is C20H20BrN3O2. The third-order valence-corrected chi connectivity index (χ3v) is 4.58. The van der Waals surface area contributed by atoms with Gasteiger partial charge in [0.1, 0.15) is 5.75 Å². The summed E-state index contributed by atoms with van der Waals surface area (Å²) in [5.41, 5.74) is 2.05. The van der Waals surface area contributed by atoms with Gasteiger partial charge < -0.3 is 14.6 Å². The fourth-order valence-corrected chi connectivity index (χ4v) is 2.80. The minimum absolute atomic E-state index is 0.115. The van der Waals surface area contributed by atoms with Gasteiger partial charge in [-0.15, -0.1) is 0 Å². The third kappa shape index (κ3) is 4.52. The van der Waals surface area contributed by atoms with Crippen LogP contribution in [-0.4, -0.2) is 21.6 Å². The van der Waals surface area contributed by atoms with Crippen LogP contribution in [0.1, 0.15) is 25.5 Å². The van der Waals surface area contributed by atoms with Crippen molar-refractivity contribution in [3.8, 4) is 11.4 Å². The summed E-state index contributed by atoms with van der Waals surface area (Å²) in [5, 5.41) is 2.99. The van der Waals surface area contributed by atoms with E-state index in [1.807, 2.05) is 66.2 Å². The van der Waals surface area contributed by atoms with E-state index in [1.54, 1.807) is 19.4 Å². The van der Waals surface area contributed by atoms with Gasteiger partial charge in [-0.05, 0) is 55.8 Å². The Kier molecular flexibility index (Phi) is 5.73. The molecule has 0 bridgehead atoms. The quantitative estimate of drug-likeness (QED) is 0.655. The number of rotatable bonds is 6.